The maximum atomic E-state index is 12.3. The average Bonchev–Trinajstić information content (AvgIpc) is 3.25. The number of anilines is 2. The second kappa shape index (κ2) is 7.18. The molecule has 1 aromatic carbocycles. The molecule has 0 radical (unpaired) electrons. The maximum absolute atomic E-state index is 12.3. The molecule has 0 saturated heterocycles. The molecule has 2 amide bonds. The second-order valence-electron chi connectivity index (χ2n) is 5.87. The number of aryl methyl sites for hydroxylation is 2. The van der Waals surface area contributed by atoms with Crippen molar-refractivity contribution in [2.75, 3.05) is 10.6 Å². The number of hydrogen-bond acceptors (Lipinski definition) is 5. The number of aromatic nitrogens is 5. The van der Waals surface area contributed by atoms with Gasteiger partial charge in [-0.3, -0.25) is 14.3 Å². The molecule has 0 aliphatic heterocycles. The molecule has 0 spiro atoms. The third kappa shape index (κ3) is 3.77. The first-order valence-electron chi connectivity index (χ1n) is 8.01. The van der Waals surface area contributed by atoms with E-state index in [4.69, 9.17) is 0 Å². The van der Waals surface area contributed by atoms with E-state index in [1.807, 2.05) is 6.92 Å². The molecule has 26 heavy (non-hydrogen) atoms. The lowest BCUT2D eigenvalue weighted by molar-refractivity contribution is -0.119. The highest BCUT2D eigenvalue weighted by Gasteiger charge is 2.16. The molecule has 9 heteroatoms. The van der Waals surface area contributed by atoms with Crippen molar-refractivity contribution in [3.05, 3.63) is 54.4 Å². The van der Waals surface area contributed by atoms with E-state index < -0.39 is 6.04 Å². The summed E-state index contributed by atoms with van der Waals surface area (Å²) in [6.07, 6.45) is 2.87. The highest BCUT2D eigenvalue weighted by molar-refractivity contribution is 6.03. The molecule has 0 bridgehead atoms. The maximum Gasteiger partial charge on any atom is 0.273 e. The fourth-order valence-corrected chi connectivity index (χ4v) is 2.44. The van der Waals surface area contributed by atoms with Gasteiger partial charge in [-0.15, -0.1) is 0 Å². The number of benzene rings is 1. The summed E-state index contributed by atoms with van der Waals surface area (Å²) in [5, 5.41) is 13.7. The molecule has 1 atom stereocenters. The monoisotopic (exact) mass is 353 g/mol. The fourth-order valence-electron chi connectivity index (χ4n) is 2.44. The molecule has 0 saturated carbocycles. The van der Waals surface area contributed by atoms with Crippen LogP contribution in [0, 0.1) is 6.92 Å². The van der Waals surface area contributed by atoms with E-state index in [0.717, 1.165) is 5.69 Å². The van der Waals surface area contributed by atoms with Crippen molar-refractivity contribution in [1.82, 2.24) is 24.5 Å². The Balaban J connectivity index is 1.62. The van der Waals surface area contributed by atoms with E-state index in [9.17, 15) is 9.59 Å². The molecular formula is C17H19N7O2. The van der Waals surface area contributed by atoms with Gasteiger partial charge in [-0.05, 0) is 44.2 Å². The number of nitrogens with one attached hydrogen (secondary N) is 2. The van der Waals surface area contributed by atoms with Gasteiger partial charge in [0.15, 0.2) is 0 Å². The highest BCUT2D eigenvalue weighted by Crippen LogP contribution is 2.16. The smallest absolute Gasteiger partial charge is 0.273 e. The lowest BCUT2D eigenvalue weighted by Crippen LogP contribution is -2.24. The first kappa shape index (κ1) is 17.3. The molecular weight excluding hydrogens is 334 g/mol. The minimum absolute atomic E-state index is 0.211. The van der Waals surface area contributed by atoms with Gasteiger partial charge >= 0.3 is 0 Å². The Morgan fingerprint density at radius 3 is 2.31 bits per heavy atom. The molecule has 2 N–H and O–H groups in total. The zero-order chi connectivity index (χ0) is 18.7. The van der Waals surface area contributed by atoms with Crippen molar-refractivity contribution in [1.29, 1.82) is 0 Å². The van der Waals surface area contributed by atoms with Crippen molar-refractivity contribution in [3.8, 4) is 0 Å². The number of nitrogens with zero attached hydrogens (tertiary/aromatic N) is 5. The molecule has 2 aromatic heterocycles. The van der Waals surface area contributed by atoms with Gasteiger partial charge in [-0.1, -0.05) is 0 Å². The van der Waals surface area contributed by atoms with Crippen LogP contribution < -0.4 is 10.6 Å². The Morgan fingerprint density at radius 1 is 1.12 bits per heavy atom. The second-order valence-corrected chi connectivity index (χ2v) is 5.87. The minimum atomic E-state index is -0.482. The van der Waals surface area contributed by atoms with Crippen LogP contribution in [0.4, 0.5) is 11.4 Å². The molecule has 3 aromatic rings. The zero-order valence-electron chi connectivity index (χ0n) is 14.7. The standard InChI is InChI=1S/C17H19N7O2/c1-11-8-15(23(3)22-11)17(26)21-14-6-4-13(5-7-14)20-16(25)12(2)24-10-18-9-19-24/h4-10,12H,1-3H3,(H,20,25)(H,21,26). The van der Waals surface area contributed by atoms with Gasteiger partial charge < -0.3 is 10.6 Å². The summed E-state index contributed by atoms with van der Waals surface area (Å²) >= 11 is 0. The van der Waals surface area contributed by atoms with Crippen LogP contribution in [0.15, 0.2) is 43.0 Å². The minimum Gasteiger partial charge on any atom is -0.324 e. The van der Waals surface area contributed by atoms with Crippen LogP contribution in [-0.2, 0) is 11.8 Å². The topological polar surface area (TPSA) is 107 Å². The van der Waals surface area contributed by atoms with Crippen LogP contribution in [0.25, 0.3) is 0 Å². The van der Waals surface area contributed by atoms with Gasteiger partial charge in [-0.25, -0.2) is 9.67 Å². The van der Waals surface area contributed by atoms with Gasteiger partial charge in [0.25, 0.3) is 5.91 Å². The lowest BCUT2D eigenvalue weighted by atomic mass is 10.2. The van der Waals surface area contributed by atoms with Gasteiger partial charge in [0.05, 0.1) is 5.69 Å². The summed E-state index contributed by atoms with van der Waals surface area (Å²) in [7, 11) is 1.72. The van der Waals surface area contributed by atoms with Gasteiger partial charge in [0.2, 0.25) is 5.91 Å². The number of carbonyl (C=O) groups excluding carboxylic acids is 2. The normalized spacial score (nSPS) is 11.8. The predicted molar refractivity (Wildman–Crippen MR) is 95.7 cm³/mol. The largest absolute Gasteiger partial charge is 0.324 e. The van der Waals surface area contributed by atoms with Crippen LogP contribution in [0.5, 0.6) is 0 Å². The van der Waals surface area contributed by atoms with E-state index in [2.05, 4.69) is 25.8 Å². The Morgan fingerprint density at radius 2 is 1.77 bits per heavy atom. The number of hydrogen-bond donors (Lipinski definition) is 2. The van der Waals surface area contributed by atoms with Crippen molar-refractivity contribution in [3.63, 3.8) is 0 Å². The van der Waals surface area contributed by atoms with E-state index in [0.29, 0.717) is 17.1 Å². The Bertz CT molecular complexity index is 913. The van der Waals surface area contributed by atoms with E-state index in [-0.39, 0.29) is 11.8 Å². The summed E-state index contributed by atoms with van der Waals surface area (Å²) in [6, 6.07) is 8.11. The number of amides is 2. The molecule has 0 fully saturated rings. The quantitative estimate of drug-likeness (QED) is 0.727. The summed E-state index contributed by atoms with van der Waals surface area (Å²) in [6.45, 7) is 3.56. The SMILES string of the molecule is Cc1cc(C(=O)Nc2ccc(NC(=O)C(C)n3cncn3)cc2)n(C)n1. The van der Waals surface area contributed by atoms with Crippen LogP contribution >= 0.6 is 0 Å². The molecule has 0 aliphatic carbocycles. The van der Waals surface area contributed by atoms with Crippen LogP contribution in [0.3, 0.4) is 0 Å². The lowest BCUT2D eigenvalue weighted by Gasteiger charge is -2.12. The van der Waals surface area contributed by atoms with Crippen molar-refractivity contribution in [2.24, 2.45) is 7.05 Å². The van der Waals surface area contributed by atoms with Crippen LogP contribution in [0.2, 0.25) is 0 Å². The zero-order valence-corrected chi connectivity index (χ0v) is 14.7. The average molecular weight is 353 g/mol. The number of rotatable bonds is 5. The summed E-state index contributed by atoms with van der Waals surface area (Å²) < 4.78 is 3.00. The third-order valence-corrected chi connectivity index (χ3v) is 3.86. The van der Waals surface area contributed by atoms with Crippen molar-refractivity contribution >= 4 is 23.2 Å². The van der Waals surface area contributed by atoms with Crippen molar-refractivity contribution in [2.45, 2.75) is 19.9 Å². The fraction of sp³-hybridized carbons (Fsp3) is 0.235. The van der Waals surface area contributed by atoms with Gasteiger partial charge in [0, 0.05) is 18.4 Å². The highest BCUT2D eigenvalue weighted by atomic mass is 16.2. The molecule has 134 valence electrons. The Hall–Kier alpha value is -3.49. The molecule has 3 rings (SSSR count). The molecule has 9 nitrogen and oxygen atoms in total. The summed E-state index contributed by atoms with van der Waals surface area (Å²) in [5.41, 5.74) is 2.49. The van der Waals surface area contributed by atoms with Gasteiger partial charge in [-0.2, -0.15) is 10.2 Å². The van der Waals surface area contributed by atoms with E-state index in [1.165, 1.54) is 22.0 Å². The summed E-state index contributed by atoms with van der Waals surface area (Å²) in [4.78, 5) is 28.3. The molecule has 0 aliphatic rings. The van der Waals surface area contributed by atoms with Gasteiger partial charge in [0.1, 0.15) is 24.4 Å². The molecule has 1 unspecified atom stereocenters. The third-order valence-electron chi connectivity index (χ3n) is 3.86. The van der Waals surface area contributed by atoms with Crippen molar-refractivity contribution < 1.29 is 9.59 Å². The summed E-state index contributed by atoms with van der Waals surface area (Å²) in [5.74, 6) is -0.456. The molecule has 2 heterocycles. The Labute approximate surface area is 150 Å². The first-order valence-corrected chi connectivity index (χ1v) is 8.01. The van der Waals surface area contributed by atoms with Crippen LogP contribution in [0.1, 0.15) is 29.1 Å². The van der Waals surface area contributed by atoms with E-state index >= 15 is 0 Å². The predicted octanol–water partition coefficient (Wildman–Crippen LogP) is 1.77. The van der Waals surface area contributed by atoms with E-state index in [1.54, 1.807) is 44.3 Å². The van der Waals surface area contributed by atoms with Crippen LogP contribution in [-0.4, -0.2) is 36.4 Å². The number of carbonyl (C=O) groups is 2. The Kier molecular flexibility index (Phi) is 4.78. The first-order chi connectivity index (χ1) is 12.4.